The molecule has 1 aliphatic carbocycles. The molecule has 0 spiro atoms. The average molecular weight is 307 g/mol. The molecule has 2 heterocycles. The predicted octanol–water partition coefficient (Wildman–Crippen LogP) is 4.32. The fraction of sp³-hybridized carbons (Fsp3) is 0.333. The molecule has 3 nitrogen and oxygen atoms in total. The molecule has 0 aromatic carbocycles. The van der Waals surface area contributed by atoms with Gasteiger partial charge in [0.2, 0.25) is 0 Å². The van der Waals surface area contributed by atoms with E-state index in [1.807, 2.05) is 6.07 Å². The number of thiophene rings is 1. The van der Waals surface area contributed by atoms with E-state index in [0.29, 0.717) is 11.0 Å². The van der Waals surface area contributed by atoms with Crippen LogP contribution in [0.2, 0.25) is 5.15 Å². The van der Waals surface area contributed by atoms with E-state index in [2.05, 4.69) is 10.3 Å². The minimum atomic E-state index is -0.0992. The number of hydrogen-bond acceptors (Lipinski definition) is 3. The molecule has 2 aromatic rings. The van der Waals surface area contributed by atoms with Crippen LogP contribution in [0.4, 0.5) is 5.82 Å². The van der Waals surface area contributed by atoms with Crippen LogP contribution in [0.1, 0.15) is 39.4 Å². The van der Waals surface area contributed by atoms with Crippen molar-refractivity contribution in [2.75, 3.05) is 5.32 Å². The molecule has 20 heavy (non-hydrogen) atoms. The first kappa shape index (κ1) is 13.6. The number of nitrogens with one attached hydrogen (secondary N) is 1. The lowest BCUT2D eigenvalue weighted by Gasteiger charge is -2.02. The lowest BCUT2D eigenvalue weighted by molar-refractivity contribution is 0.103. The molecule has 104 valence electrons. The van der Waals surface area contributed by atoms with Crippen molar-refractivity contribution >= 4 is 34.7 Å². The molecule has 1 N–H and O–H groups in total. The third-order valence-corrected chi connectivity index (χ3v) is 4.87. The summed E-state index contributed by atoms with van der Waals surface area (Å²) in [6.07, 6.45) is 5.93. The van der Waals surface area contributed by atoms with Crippen LogP contribution in [0.3, 0.4) is 0 Å². The highest BCUT2D eigenvalue weighted by Crippen LogP contribution is 2.29. The molecular formula is C15H15ClN2OS. The van der Waals surface area contributed by atoms with Crippen LogP contribution in [0.5, 0.6) is 0 Å². The lowest BCUT2D eigenvalue weighted by Crippen LogP contribution is -2.11. The van der Waals surface area contributed by atoms with Gasteiger partial charge >= 0.3 is 0 Å². The number of hydrogen-bond donors (Lipinski definition) is 1. The van der Waals surface area contributed by atoms with Gasteiger partial charge in [-0.2, -0.15) is 0 Å². The second-order valence-corrected chi connectivity index (χ2v) is 6.44. The number of nitrogens with zero attached hydrogens (tertiary/aromatic N) is 1. The quantitative estimate of drug-likeness (QED) is 0.663. The van der Waals surface area contributed by atoms with Gasteiger partial charge in [-0.1, -0.05) is 24.1 Å². The SMILES string of the molecule is O=C(Nc1cccc(Cl)n1)c1cc2c(s1)CCCCC2. The van der Waals surface area contributed by atoms with Crippen molar-refractivity contribution in [3.8, 4) is 0 Å². The summed E-state index contributed by atoms with van der Waals surface area (Å²) >= 11 is 7.42. The summed E-state index contributed by atoms with van der Waals surface area (Å²) in [4.78, 5) is 18.4. The Morgan fingerprint density at radius 1 is 1.25 bits per heavy atom. The van der Waals surface area contributed by atoms with Crippen molar-refractivity contribution in [3.05, 3.63) is 44.7 Å². The van der Waals surface area contributed by atoms with Gasteiger partial charge in [0.1, 0.15) is 11.0 Å². The summed E-state index contributed by atoms with van der Waals surface area (Å²) in [6, 6.07) is 7.23. The van der Waals surface area contributed by atoms with E-state index in [4.69, 9.17) is 11.6 Å². The molecule has 0 fully saturated rings. The molecule has 0 bridgehead atoms. The first-order valence-electron chi connectivity index (χ1n) is 6.78. The largest absolute Gasteiger partial charge is 0.306 e. The van der Waals surface area contributed by atoms with Gasteiger partial charge in [0.15, 0.2) is 0 Å². The number of halogens is 1. The summed E-state index contributed by atoms with van der Waals surface area (Å²) < 4.78 is 0. The van der Waals surface area contributed by atoms with Crippen molar-refractivity contribution in [1.29, 1.82) is 0 Å². The molecule has 2 aromatic heterocycles. The maximum absolute atomic E-state index is 12.2. The maximum atomic E-state index is 12.2. The average Bonchev–Trinajstić information content (AvgIpc) is 2.70. The van der Waals surface area contributed by atoms with E-state index in [1.165, 1.54) is 29.7 Å². The number of carbonyl (C=O) groups excluding carboxylic acids is 1. The zero-order chi connectivity index (χ0) is 13.9. The second kappa shape index (κ2) is 5.94. The Balaban J connectivity index is 1.77. The number of fused-ring (bicyclic) bond motifs is 1. The highest BCUT2D eigenvalue weighted by Gasteiger charge is 2.16. The highest BCUT2D eigenvalue weighted by molar-refractivity contribution is 7.14. The van der Waals surface area contributed by atoms with Gasteiger partial charge in [-0.3, -0.25) is 4.79 Å². The van der Waals surface area contributed by atoms with Crippen LogP contribution < -0.4 is 5.32 Å². The van der Waals surface area contributed by atoms with E-state index >= 15 is 0 Å². The van der Waals surface area contributed by atoms with Gasteiger partial charge in [0.25, 0.3) is 5.91 Å². The smallest absolute Gasteiger partial charge is 0.266 e. The first-order chi connectivity index (χ1) is 9.72. The molecule has 0 unspecified atom stereocenters. The topological polar surface area (TPSA) is 42.0 Å². The zero-order valence-corrected chi connectivity index (χ0v) is 12.6. The van der Waals surface area contributed by atoms with E-state index in [1.54, 1.807) is 29.5 Å². The Morgan fingerprint density at radius 3 is 2.95 bits per heavy atom. The Bertz CT molecular complexity index is 615. The van der Waals surface area contributed by atoms with Crippen LogP contribution in [0.15, 0.2) is 24.3 Å². The van der Waals surface area contributed by atoms with E-state index < -0.39 is 0 Å². The van der Waals surface area contributed by atoms with Gasteiger partial charge in [-0.15, -0.1) is 11.3 Å². The predicted molar refractivity (Wildman–Crippen MR) is 82.8 cm³/mol. The zero-order valence-electron chi connectivity index (χ0n) is 11.0. The van der Waals surface area contributed by atoms with Gasteiger partial charge in [-0.25, -0.2) is 4.98 Å². The van der Waals surface area contributed by atoms with Crippen molar-refractivity contribution in [3.63, 3.8) is 0 Å². The molecule has 1 aliphatic rings. The van der Waals surface area contributed by atoms with Crippen molar-refractivity contribution in [2.24, 2.45) is 0 Å². The van der Waals surface area contributed by atoms with Crippen LogP contribution in [-0.2, 0) is 12.8 Å². The third kappa shape index (κ3) is 3.02. The normalized spacial score (nSPS) is 14.4. The number of pyridine rings is 1. The van der Waals surface area contributed by atoms with E-state index in [0.717, 1.165) is 17.7 Å². The minimum absolute atomic E-state index is 0.0992. The monoisotopic (exact) mass is 306 g/mol. The second-order valence-electron chi connectivity index (χ2n) is 4.92. The third-order valence-electron chi connectivity index (χ3n) is 3.43. The van der Waals surface area contributed by atoms with Gasteiger partial charge < -0.3 is 5.32 Å². The maximum Gasteiger partial charge on any atom is 0.266 e. The van der Waals surface area contributed by atoms with Crippen LogP contribution >= 0.6 is 22.9 Å². The number of rotatable bonds is 2. The Morgan fingerprint density at radius 2 is 2.10 bits per heavy atom. The highest BCUT2D eigenvalue weighted by atomic mass is 35.5. The summed E-state index contributed by atoms with van der Waals surface area (Å²) in [7, 11) is 0. The molecule has 0 saturated carbocycles. The number of anilines is 1. The van der Waals surface area contributed by atoms with E-state index in [9.17, 15) is 4.79 Å². The van der Waals surface area contributed by atoms with Crippen molar-refractivity contribution < 1.29 is 4.79 Å². The Labute approximate surface area is 127 Å². The Hall–Kier alpha value is -1.39. The molecule has 5 heteroatoms. The molecule has 0 atom stereocenters. The number of aromatic nitrogens is 1. The van der Waals surface area contributed by atoms with Gasteiger partial charge in [0, 0.05) is 4.88 Å². The van der Waals surface area contributed by atoms with Crippen LogP contribution in [-0.4, -0.2) is 10.9 Å². The van der Waals surface area contributed by atoms with Gasteiger partial charge in [0.05, 0.1) is 4.88 Å². The fourth-order valence-corrected chi connectivity index (χ4v) is 3.75. The first-order valence-corrected chi connectivity index (χ1v) is 7.97. The standard InChI is InChI=1S/C15H15ClN2OS/c16-13-7-4-8-14(17-13)18-15(19)12-9-10-5-2-1-3-6-11(10)20-12/h4,7-9H,1-3,5-6H2,(H,17,18,19). The van der Waals surface area contributed by atoms with Crippen molar-refractivity contribution in [2.45, 2.75) is 32.1 Å². The molecule has 0 saturated heterocycles. The number of amides is 1. The summed E-state index contributed by atoms with van der Waals surface area (Å²) in [5, 5.41) is 3.18. The lowest BCUT2D eigenvalue weighted by atomic mass is 10.1. The Kier molecular flexibility index (Phi) is 4.03. The summed E-state index contributed by atoms with van der Waals surface area (Å²) in [5.41, 5.74) is 1.34. The summed E-state index contributed by atoms with van der Waals surface area (Å²) in [6.45, 7) is 0. The van der Waals surface area contributed by atoms with Crippen molar-refractivity contribution in [1.82, 2.24) is 4.98 Å². The summed E-state index contributed by atoms with van der Waals surface area (Å²) in [5.74, 6) is 0.393. The fourth-order valence-electron chi connectivity index (χ4n) is 2.44. The minimum Gasteiger partial charge on any atom is -0.306 e. The molecule has 0 radical (unpaired) electrons. The number of carbonyl (C=O) groups is 1. The van der Waals surface area contributed by atoms with E-state index in [-0.39, 0.29) is 5.91 Å². The molecular weight excluding hydrogens is 292 g/mol. The molecule has 1 amide bonds. The van der Waals surface area contributed by atoms with Gasteiger partial charge in [-0.05, 0) is 49.4 Å². The molecule has 0 aliphatic heterocycles. The van der Waals surface area contributed by atoms with Crippen LogP contribution in [0, 0.1) is 0 Å². The number of aryl methyl sites for hydroxylation is 2. The molecule has 3 rings (SSSR count). The van der Waals surface area contributed by atoms with Crippen LogP contribution in [0.25, 0.3) is 0 Å².